The Kier molecular flexibility index (Phi) is 4.66. The van der Waals surface area contributed by atoms with Gasteiger partial charge < -0.3 is 10.5 Å². The molecule has 1 saturated carbocycles. The maximum absolute atomic E-state index is 6.73. The molecule has 2 nitrogen and oxygen atoms in total. The van der Waals surface area contributed by atoms with Crippen LogP contribution in [-0.2, 0) is 4.74 Å². The molecule has 3 atom stereocenters. The summed E-state index contributed by atoms with van der Waals surface area (Å²) in [6, 6.07) is 11.1. The molecule has 1 aromatic carbocycles. The van der Waals surface area contributed by atoms with E-state index >= 15 is 0 Å². The summed E-state index contributed by atoms with van der Waals surface area (Å²) in [6.07, 6.45) is 8.59. The van der Waals surface area contributed by atoms with Gasteiger partial charge in [0.1, 0.15) is 0 Å². The van der Waals surface area contributed by atoms with Gasteiger partial charge in [-0.25, -0.2) is 0 Å². The number of hydrogen-bond donors (Lipinski definition) is 1. The van der Waals surface area contributed by atoms with E-state index in [1.165, 1.54) is 37.7 Å². The molecule has 1 heterocycles. The molecule has 2 heteroatoms. The summed E-state index contributed by atoms with van der Waals surface area (Å²) < 4.78 is 6.17. The number of rotatable bonds is 4. The fraction of sp³-hybridized carbons (Fsp3) is 0.684. The highest BCUT2D eigenvalue weighted by molar-refractivity contribution is 5.21. The maximum atomic E-state index is 6.73. The molecule has 3 rings (SSSR count). The average Bonchev–Trinajstić information content (AvgIpc) is 2.97. The lowest BCUT2D eigenvalue weighted by Crippen LogP contribution is -2.46. The van der Waals surface area contributed by atoms with Crippen LogP contribution in [-0.4, -0.2) is 18.2 Å². The molecular formula is C19H29NO. The number of ether oxygens (including phenoxy) is 1. The van der Waals surface area contributed by atoms with Crippen molar-refractivity contribution in [2.75, 3.05) is 6.61 Å². The van der Waals surface area contributed by atoms with E-state index in [0.29, 0.717) is 11.8 Å². The van der Waals surface area contributed by atoms with Crippen LogP contribution in [0.15, 0.2) is 30.3 Å². The lowest BCUT2D eigenvalue weighted by atomic mass is 9.74. The largest absolute Gasteiger partial charge is 0.375 e. The van der Waals surface area contributed by atoms with Crippen LogP contribution in [0.5, 0.6) is 0 Å². The molecule has 1 saturated heterocycles. The van der Waals surface area contributed by atoms with Gasteiger partial charge in [-0.2, -0.15) is 0 Å². The van der Waals surface area contributed by atoms with E-state index in [9.17, 15) is 0 Å². The normalized spacial score (nSPS) is 27.6. The molecule has 1 aliphatic heterocycles. The molecule has 0 amide bonds. The summed E-state index contributed by atoms with van der Waals surface area (Å²) in [6.45, 7) is 3.17. The summed E-state index contributed by atoms with van der Waals surface area (Å²) >= 11 is 0. The van der Waals surface area contributed by atoms with Gasteiger partial charge in [0.25, 0.3) is 0 Å². The van der Waals surface area contributed by atoms with Crippen LogP contribution in [0.3, 0.4) is 0 Å². The van der Waals surface area contributed by atoms with Gasteiger partial charge in [0.2, 0.25) is 0 Å². The van der Waals surface area contributed by atoms with E-state index in [-0.39, 0.29) is 11.6 Å². The minimum Gasteiger partial charge on any atom is -0.375 e. The quantitative estimate of drug-likeness (QED) is 0.898. The van der Waals surface area contributed by atoms with Crippen molar-refractivity contribution in [3.63, 3.8) is 0 Å². The fourth-order valence-corrected chi connectivity index (χ4v) is 4.52. The second kappa shape index (κ2) is 6.50. The third-order valence-electron chi connectivity index (χ3n) is 5.72. The predicted octanol–water partition coefficient (Wildman–Crippen LogP) is 4.25. The standard InChI is InChI=1S/C19H29NO/c1-2-17(15-8-4-3-5-9-15)18(20)16-10-13-21-19(14-16)11-6-7-12-19/h3-5,8-9,16-18H,2,6-7,10-14,20H2,1H3. The topological polar surface area (TPSA) is 35.2 Å². The first-order chi connectivity index (χ1) is 10.2. The number of hydrogen-bond acceptors (Lipinski definition) is 2. The molecule has 1 spiro atoms. The maximum Gasteiger partial charge on any atom is 0.0685 e. The minimum absolute atomic E-state index is 0.176. The highest BCUT2D eigenvalue weighted by atomic mass is 16.5. The number of benzene rings is 1. The van der Waals surface area contributed by atoms with Gasteiger partial charge in [0.15, 0.2) is 0 Å². The van der Waals surface area contributed by atoms with E-state index in [4.69, 9.17) is 10.5 Å². The Morgan fingerprint density at radius 2 is 1.95 bits per heavy atom. The molecule has 0 bridgehead atoms. The molecule has 1 aliphatic carbocycles. The van der Waals surface area contributed by atoms with E-state index < -0.39 is 0 Å². The SMILES string of the molecule is CCC(c1ccccc1)C(N)C1CCOC2(CCCC2)C1. The Bertz CT molecular complexity index is 438. The second-order valence-electron chi connectivity index (χ2n) is 6.99. The summed E-state index contributed by atoms with van der Waals surface area (Å²) in [4.78, 5) is 0. The van der Waals surface area contributed by atoms with Crippen LogP contribution >= 0.6 is 0 Å². The van der Waals surface area contributed by atoms with Crippen LogP contribution in [0, 0.1) is 5.92 Å². The molecule has 1 aromatic rings. The zero-order valence-electron chi connectivity index (χ0n) is 13.3. The summed E-state index contributed by atoms with van der Waals surface area (Å²) in [5, 5.41) is 0. The summed E-state index contributed by atoms with van der Waals surface area (Å²) in [5.41, 5.74) is 8.31. The van der Waals surface area contributed by atoms with Crippen molar-refractivity contribution in [1.82, 2.24) is 0 Å². The summed E-state index contributed by atoms with van der Waals surface area (Å²) in [5.74, 6) is 1.09. The van der Waals surface area contributed by atoms with E-state index in [0.717, 1.165) is 19.4 Å². The minimum atomic E-state index is 0.176. The lowest BCUT2D eigenvalue weighted by molar-refractivity contribution is -0.0973. The molecule has 2 aliphatic rings. The highest BCUT2D eigenvalue weighted by Gasteiger charge is 2.42. The van der Waals surface area contributed by atoms with Crippen LogP contribution in [0.1, 0.15) is 63.4 Å². The van der Waals surface area contributed by atoms with Crippen molar-refractivity contribution in [1.29, 1.82) is 0 Å². The van der Waals surface area contributed by atoms with Crippen molar-refractivity contribution in [2.24, 2.45) is 11.7 Å². The highest BCUT2D eigenvalue weighted by Crippen LogP contribution is 2.44. The van der Waals surface area contributed by atoms with Gasteiger partial charge in [-0.15, -0.1) is 0 Å². The predicted molar refractivity (Wildman–Crippen MR) is 87.3 cm³/mol. The summed E-state index contributed by atoms with van der Waals surface area (Å²) in [7, 11) is 0. The molecule has 21 heavy (non-hydrogen) atoms. The zero-order chi connectivity index (χ0) is 14.7. The van der Waals surface area contributed by atoms with Gasteiger partial charge in [0, 0.05) is 12.6 Å². The molecule has 0 radical (unpaired) electrons. The van der Waals surface area contributed by atoms with Crippen molar-refractivity contribution in [3.8, 4) is 0 Å². The molecule has 3 unspecified atom stereocenters. The van der Waals surface area contributed by atoms with Crippen molar-refractivity contribution >= 4 is 0 Å². The van der Waals surface area contributed by atoms with Gasteiger partial charge >= 0.3 is 0 Å². The Hall–Kier alpha value is -0.860. The van der Waals surface area contributed by atoms with E-state index in [2.05, 4.69) is 37.3 Å². The van der Waals surface area contributed by atoms with Crippen molar-refractivity contribution in [3.05, 3.63) is 35.9 Å². The molecule has 2 N–H and O–H groups in total. The van der Waals surface area contributed by atoms with E-state index in [1.54, 1.807) is 0 Å². The Morgan fingerprint density at radius 1 is 1.24 bits per heavy atom. The average molecular weight is 287 g/mol. The van der Waals surface area contributed by atoms with Crippen molar-refractivity contribution < 1.29 is 4.74 Å². The first-order valence-electron chi connectivity index (χ1n) is 8.68. The Labute approximate surface area is 129 Å². The van der Waals surface area contributed by atoms with Gasteiger partial charge in [-0.3, -0.25) is 0 Å². The molecule has 0 aromatic heterocycles. The lowest BCUT2D eigenvalue weighted by Gasteiger charge is -2.42. The van der Waals surface area contributed by atoms with E-state index in [1.807, 2.05) is 0 Å². The first-order valence-corrected chi connectivity index (χ1v) is 8.68. The van der Waals surface area contributed by atoms with Gasteiger partial charge in [-0.1, -0.05) is 50.1 Å². The van der Waals surface area contributed by atoms with Gasteiger partial charge in [-0.05, 0) is 49.5 Å². The Morgan fingerprint density at radius 3 is 2.62 bits per heavy atom. The number of nitrogens with two attached hydrogens (primary N) is 1. The monoisotopic (exact) mass is 287 g/mol. The van der Waals surface area contributed by atoms with Crippen LogP contribution < -0.4 is 5.73 Å². The smallest absolute Gasteiger partial charge is 0.0685 e. The van der Waals surface area contributed by atoms with Crippen LogP contribution in [0.25, 0.3) is 0 Å². The third-order valence-corrected chi connectivity index (χ3v) is 5.72. The third kappa shape index (κ3) is 3.17. The van der Waals surface area contributed by atoms with Gasteiger partial charge in [0.05, 0.1) is 5.60 Å². The van der Waals surface area contributed by atoms with Crippen LogP contribution in [0.4, 0.5) is 0 Å². The van der Waals surface area contributed by atoms with Crippen molar-refractivity contribution in [2.45, 2.75) is 69.4 Å². The molecule has 116 valence electrons. The zero-order valence-corrected chi connectivity index (χ0v) is 13.3. The molecular weight excluding hydrogens is 258 g/mol. The second-order valence-corrected chi connectivity index (χ2v) is 6.99. The Balaban J connectivity index is 1.72. The van der Waals surface area contributed by atoms with Crippen LogP contribution in [0.2, 0.25) is 0 Å². The fourth-order valence-electron chi connectivity index (χ4n) is 4.52. The molecule has 2 fully saturated rings. The first kappa shape index (κ1) is 15.1.